The lowest BCUT2D eigenvalue weighted by Gasteiger charge is -2.25. The van der Waals surface area contributed by atoms with Gasteiger partial charge in [-0.2, -0.15) is 0 Å². The van der Waals surface area contributed by atoms with Gasteiger partial charge in [-0.25, -0.2) is 9.97 Å². The number of anilines is 1. The summed E-state index contributed by atoms with van der Waals surface area (Å²) in [5, 5.41) is 8.97. The Bertz CT molecular complexity index is 442. The van der Waals surface area contributed by atoms with Crippen molar-refractivity contribution in [2.45, 2.75) is 31.6 Å². The van der Waals surface area contributed by atoms with Gasteiger partial charge in [-0.3, -0.25) is 4.79 Å². The van der Waals surface area contributed by atoms with E-state index in [1.54, 1.807) is 0 Å². The molecular weight excluding hydrogens is 230 g/mol. The van der Waals surface area contributed by atoms with Gasteiger partial charge in [0.05, 0.1) is 5.92 Å². The number of nitrogens with zero attached hydrogens (tertiary/aromatic N) is 3. The molecule has 0 aromatic carbocycles. The van der Waals surface area contributed by atoms with Crippen molar-refractivity contribution >= 4 is 11.9 Å². The number of carboxylic acids is 1. The maximum atomic E-state index is 10.9. The first-order valence-corrected chi connectivity index (χ1v) is 6.54. The molecule has 0 spiro atoms. The van der Waals surface area contributed by atoms with Crippen LogP contribution in [0.25, 0.3) is 0 Å². The molecule has 1 N–H and O–H groups in total. The highest BCUT2D eigenvalue weighted by atomic mass is 16.4. The quantitative estimate of drug-likeness (QED) is 0.879. The van der Waals surface area contributed by atoms with Crippen molar-refractivity contribution in [2.24, 2.45) is 5.92 Å². The van der Waals surface area contributed by atoms with Gasteiger partial charge < -0.3 is 10.0 Å². The summed E-state index contributed by atoms with van der Waals surface area (Å²) >= 11 is 0. The summed E-state index contributed by atoms with van der Waals surface area (Å²) in [5.74, 6) is 0.315. The Morgan fingerprint density at radius 2 is 2.00 bits per heavy atom. The molecule has 1 aliphatic carbocycles. The van der Waals surface area contributed by atoms with Gasteiger partial charge in [0, 0.05) is 25.5 Å². The zero-order chi connectivity index (χ0) is 12.5. The van der Waals surface area contributed by atoms with E-state index in [4.69, 9.17) is 5.11 Å². The van der Waals surface area contributed by atoms with Gasteiger partial charge in [0.2, 0.25) is 5.95 Å². The van der Waals surface area contributed by atoms with Crippen LogP contribution in [-0.4, -0.2) is 34.1 Å². The molecule has 1 saturated carbocycles. The molecule has 2 fully saturated rings. The van der Waals surface area contributed by atoms with Gasteiger partial charge >= 0.3 is 5.97 Å². The summed E-state index contributed by atoms with van der Waals surface area (Å²) in [5.41, 5.74) is 1.22. The van der Waals surface area contributed by atoms with E-state index in [0.29, 0.717) is 24.8 Å². The second-order valence-electron chi connectivity index (χ2n) is 5.21. The standard InChI is InChI=1S/C13H17N3O2/c17-12(18)10-4-5-16(8-10)13-14-6-11(7-15-13)9-2-1-3-9/h6-7,9-10H,1-5,8H2,(H,17,18). The molecule has 96 valence electrons. The average molecular weight is 247 g/mol. The van der Waals surface area contributed by atoms with Gasteiger partial charge in [-0.1, -0.05) is 6.42 Å². The molecule has 1 saturated heterocycles. The molecule has 2 heterocycles. The number of carbonyl (C=O) groups is 1. The predicted octanol–water partition coefficient (Wildman–Crippen LogP) is 1.65. The van der Waals surface area contributed by atoms with Crippen LogP contribution in [0.15, 0.2) is 12.4 Å². The minimum Gasteiger partial charge on any atom is -0.481 e. The number of aromatic nitrogens is 2. The van der Waals surface area contributed by atoms with Crippen LogP contribution in [0.2, 0.25) is 0 Å². The van der Waals surface area contributed by atoms with Crippen LogP contribution >= 0.6 is 0 Å². The van der Waals surface area contributed by atoms with Crippen molar-refractivity contribution in [1.29, 1.82) is 0 Å². The average Bonchev–Trinajstić information content (AvgIpc) is 2.77. The lowest BCUT2D eigenvalue weighted by molar-refractivity contribution is -0.140. The molecule has 5 heteroatoms. The first-order chi connectivity index (χ1) is 8.74. The first kappa shape index (κ1) is 11.4. The summed E-state index contributed by atoms with van der Waals surface area (Å²) in [6.07, 6.45) is 8.28. The Kier molecular flexibility index (Phi) is 2.89. The molecule has 0 amide bonds. The van der Waals surface area contributed by atoms with Crippen LogP contribution < -0.4 is 4.90 Å². The SMILES string of the molecule is O=C(O)C1CCN(c2ncc(C3CCC3)cn2)C1. The van der Waals surface area contributed by atoms with Crippen molar-refractivity contribution in [3.05, 3.63) is 18.0 Å². The summed E-state index contributed by atoms with van der Waals surface area (Å²) in [4.78, 5) is 21.6. The highest BCUT2D eigenvalue weighted by molar-refractivity contribution is 5.71. The Balaban J connectivity index is 1.67. The van der Waals surface area contributed by atoms with Crippen molar-refractivity contribution in [2.75, 3.05) is 18.0 Å². The molecule has 1 aromatic rings. The number of carboxylic acid groups (broad SMARTS) is 1. The fraction of sp³-hybridized carbons (Fsp3) is 0.615. The lowest BCUT2D eigenvalue weighted by Crippen LogP contribution is -2.24. The van der Waals surface area contributed by atoms with Crippen LogP contribution in [-0.2, 0) is 4.79 Å². The van der Waals surface area contributed by atoms with E-state index in [1.807, 2.05) is 17.3 Å². The fourth-order valence-corrected chi connectivity index (χ4v) is 2.59. The smallest absolute Gasteiger partial charge is 0.308 e. The number of aliphatic carboxylic acids is 1. The highest BCUT2D eigenvalue weighted by Crippen LogP contribution is 2.35. The fourth-order valence-electron chi connectivity index (χ4n) is 2.59. The normalized spacial score (nSPS) is 24.0. The molecule has 1 aliphatic heterocycles. The maximum Gasteiger partial charge on any atom is 0.308 e. The number of hydrogen-bond donors (Lipinski definition) is 1. The number of hydrogen-bond acceptors (Lipinski definition) is 4. The van der Waals surface area contributed by atoms with Crippen LogP contribution in [0.5, 0.6) is 0 Å². The summed E-state index contributed by atoms with van der Waals surface area (Å²) in [6.45, 7) is 1.26. The van der Waals surface area contributed by atoms with E-state index in [1.165, 1.54) is 24.8 Å². The monoisotopic (exact) mass is 247 g/mol. The van der Waals surface area contributed by atoms with Crippen molar-refractivity contribution in [3.63, 3.8) is 0 Å². The maximum absolute atomic E-state index is 10.9. The molecule has 3 rings (SSSR count). The minimum atomic E-state index is -0.719. The molecular formula is C13H17N3O2. The van der Waals surface area contributed by atoms with Crippen molar-refractivity contribution in [1.82, 2.24) is 9.97 Å². The van der Waals surface area contributed by atoms with E-state index < -0.39 is 5.97 Å². The molecule has 2 aliphatic rings. The molecule has 0 bridgehead atoms. The zero-order valence-electron chi connectivity index (χ0n) is 10.2. The molecule has 1 atom stereocenters. The van der Waals surface area contributed by atoms with Crippen LogP contribution in [0.1, 0.15) is 37.2 Å². The Morgan fingerprint density at radius 1 is 1.28 bits per heavy atom. The molecule has 1 unspecified atom stereocenters. The summed E-state index contributed by atoms with van der Waals surface area (Å²) < 4.78 is 0. The van der Waals surface area contributed by atoms with Crippen molar-refractivity contribution < 1.29 is 9.90 Å². The van der Waals surface area contributed by atoms with Crippen LogP contribution in [0.3, 0.4) is 0 Å². The molecule has 1 aromatic heterocycles. The predicted molar refractivity (Wildman–Crippen MR) is 66.6 cm³/mol. The minimum absolute atomic E-state index is 0.278. The zero-order valence-corrected chi connectivity index (χ0v) is 10.2. The van der Waals surface area contributed by atoms with E-state index >= 15 is 0 Å². The third kappa shape index (κ3) is 2.05. The lowest BCUT2D eigenvalue weighted by atomic mass is 9.81. The van der Waals surface area contributed by atoms with Gasteiger partial charge in [0.1, 0.15) is 0 Å². The van der Waals surface area contributed by atoms with Gasteiger partial charge in [-0.05, 0) is 30.7 Å². The van der Waals surface area contributed by atoms with Gasteiger partial charge in [-0.15, -0.1) is 0 Å². The molecule has 5 nitrogen and oxygen atoms in total. The molecule has 18 heavy (non-hydrogen) atoms. The highest BCUT2D eigenvalue weighted by Gasteiger charge is 2.29. The second-order valence-corrected chi connectivity index (χ2v) is 5.21. The van der Waals surface area contributed by atoms with Crippen molar-refractivity contribution in [3.8, 4) is 0 Å². The largest absolute Gasteiger partial charge is 0.481 e. The van der Waals surface area contributed by atoms with E-state index in [2.05, 4.69) is 9.97 Å². The number of rotatable bonds is 3. The third-order valence-electron chi connectivity index (χ3n) is 4.06. The van der Waals surface area contributed by atoms with E-state index in [-0.39, 0.29) is 5.92 Å². The van der Waals surface area contributed by atoms with Gasteiger partial charge in [0.25, 0.3) is 0 Å². The van der Waals surface area contributed by atoms with Crippen LogP contribution in [0.4, 0.5) is 5.95 Å². The summed E-state index contributed by atoms with van der Waals surface area (Å²) in [6, 6.07) is 0. The Hall–Kier alpha value is -1.65. The van der Waals surface area contributed by atoms with Gasteiger partial charge in [0.15, 0.2) is 0 Å². The van der Waals surface area contributed by atoms with E-state index in [0.717, 1.165) is 6.54 Å². The Morgan fingerprint density at radius 3 is 2.50 bits per heavy atom. The third-order valence-corrected chi connectivity index (χ3v) is 4.06. The Labute approximate surface area is 106 Å². The first-order valence-electron chi connectivity index (χ1n) is 6.54. The molecule has 0 radical (unpaired) electrons. The topological polar surface area (TPSA) is 66.3 Å². The second kappa shape index (κ2) is 4.55. The van der Waals surface area contributed by atoms with Crippen LogP contribution in [0, 0.1) is 5.92 Å². The summed E-state index contributed by atoms with van der Waals surface area (Å²) in [7, 11) is 0. The van der Waals surface area contributed by atoms with E-state index in [9.17, 15) is 4.79 Å².